The number of carboxylic acids is 2. The molecule has 0 aromatic carbocycles. The van der Waals surface area contributed by atoms with Crippen molar-refractivity contribution in [3.63, 3.8) is 0 Å². The number of aliphatic carboxylic acids is 2. The van der Waals surface area contributed by atoms with E-state index >= 15 is 0 Å². The van der Waals surface area contributed by atoms with Gasteiger partial charge in [0.2, 0.25) is 23.6 Å². The molecule has 1 aliphatic heterocycles. The number of nitrogens with zero attached hydrogens (tertiary/aromatic N) is 1. The monoisotopic (exact) mass is 598 g/mol. The SMILES string of the molecule is CCC(CC)NC(=O)N[C@H](C)C(=O)N[C@@H](CC(=O)N1CCCC1)C(=O)N[C@@H](CC(=O)O)C(=O)N[C@@H](CC(C)C)C(=O)O. The highest BCUT2D eigenvalue weighted by Crippen LogP contribution is 2.11. The molecule has 238 valence electrons. The van der Waals surface area contributed by atoms with E-state index in [1.165, 1.54) is 11.8 Å². The Bertz CT molecular complexity index is 979. The minimum Gasteiger partial charge on any atom is -0.481 e. The van der Waals surface area contributed by atoms with Crippen molar-refractivity contribution in [3.8, 4) is 0 Å². The van der Waals surface area contributed by atoms with E-state index in [9.17, 15) is 43.8 Å². The lowest BCUT2D eigenvalue weighted by Crippen LogP contribution is -2.59. The molecule has 7 N–H and O–H groups in total. The summed E-state index contributed by atoms with van der Waals surface area (Å²) in [5, 5.41) is 30.9. The van der Waals surface area contributed by atoms with Crippen LogP contribution in [0, 0.1) is 5.92 Å². The Morgan fingerprint density at radius 2 is 1.19 bits per heavy atom. The number of hydrogen-bond acceptors (Lipinski definition) is 7. The van der Waals surface area contributed by atoms with Gasteiger partial charge in [-0.05, 0) is 44.9 Å². The third-order valence-electron chi connectivity index (χ3n) is 6.87. The fourth-order valence-electron chi connectivity index (χ4n) is 4.38. The van der Waals surface area contributed by atoms with E-state index in [4.69, 9.17) is 0 Å². The van der Waals surface area contributed by atoms with E-state index in [1.54, 1.807) is 13.8 Å². The molecule has 0 unspecified atom stereocenters. The summed E-state index contributed by atoms with van der Waals surface area (Å²) in [4.78, 5) is 88.9. The van der Waals surface area contributed by atoms with Crippen molar-refractivity contribution >= 4 is 41.6 Å². The molecule has 1 saturated heterocycles. The predicted molar refractivity (Wildman–Crippen MR) is 151 cm³/mol. The zero-order valence-electron chi connectivity index (χ0n) is 25.0. The molecule has 42 heavy (non-hydrogen) atoms. The number of urea groups is 1. The molecular formula is C27H46N6O9. The minimum atomic E-state index is -1.69. The van der Waals surface area contributed by atoms with E-state index < -0.39 is 78.6 Å². The number of nitrogens with one attached hydrogen (secondary N) is 5. The van der Waals surface area contributed by atoms with Gasteiger partial charge in [0.1, 0.15) is 24.2 Å². The lowest BCUT2D eigenvalue weighted by Gasteiger charge is -2.26. The number of carboxylic acid groups (broad SMARTS) is 2. The van der Waals surface area contributed by atoms with E-state index in [0.717, 1.165) is 12.8 Å². The maximum atomic E-state index is 13.3. The Balaban J connectivity index is 3.10. The second-order valence-corrected chi connectivity index (χ2v) is 10.9. The first kappa shape index (κ1) is 36.1. The zero-order valence-corrected chi connectivity index (χ0v) is 25.0. The Morgan fingerprint density at radius 1 is 0.690 bits per heavy atom. The average molecular weight is 599 g/mol. The van der Waals surface area contributed by atoms with Crippen molar-refractivity contribution in [2.24, 2.45) is 5.92 Å². The quantitative estimate of drug-likeness (QED) is 0.119. The molecule has 0 aromatic heterocycles. The van der Waals surface area contributed by atoms with Gasteiger partial charge in [-0.3, -0.25) is 24.0 Å². The summed E-state index contributed by atoms with van der Waals surface area (Å²) in [7, 11) is 0. The van der Waals surface area contributed by atoms with Gasteiger partial charge >= 0.3 is 18.0 Å². The van der Waals surface area contributed by atoms with Crippen LogP contribution in [0.5, 0.6) is 0 Å². The summed E-state index contributed by atoms with van der Waals surface area (Å²) in [5.41, 5.74) is 0. The molecule has 4 atom stereocenters. The first-order valence-electron chi connectivity index (χ1n) is 14.4. The summed E-state index contributed by atoms with van der Waals surface area (Å²) >= 11 is 0. The number of hydrogen-bond donors (Lipinski definition) is 7. The molecule has 0 spiro atoms. The minimum absolute atomic E-state index is 0.0631. The Kier molecular flexibility index (Phi) is 15.3. The maximum absolute atomic E-state index is 13.3. The van der Waals surface area contributed by atoms with Crippen molar-refractivity contribution in [3.05, 3.63) is 0 Å². The highest BCUT2D eigenvalue weighted by atomic mass is 16.4. The van der Waals surface area contributed by atoms with Crippen LogP contribution in [-0.2, 0) is 28.8 Å². The first-order chi connectivity index (χ1) is 19.7. The van der Waals surface area contributed by atoms with Gasteiger partial charge in [-0.1, -0.05) is 27.7 Å². The standard InChI is InChI=1S/C27H46N6O9/c1-6-17(7-2)29-27(42)28-16(5)23(37)30-18(13-21(34)33-10-8-9-11-33)24(38)31-19(14-22(35)36)25(39)32-20(26(40)41)12-15(3)4/h15-20H,6-14H2,1-5H3,(H,30,37)(H,31,38)(H,32,39)(H,35,36)(H,40,41)(H2,28,29,42)/t16-,18+,19+,20+/m1/s1. The summed E-state index contributed by atoms with van der Waals surface area (Å²) in [6, 6.07) is -6.32. The van der Waals surface area contributed by atoms with E-state index in [2.05, 4.69) is 26.6 Å². The fourth-order valence-corrected chi connectivity index (χ4v) is 4.38. The van der Waals surface area contributed by atoms with Crippen molar-refractivity contribution in [2.75, 3.05) is 13.1 Å². The predicted octanol–water partition coefficient (Wildman–Crippen LogP) is -0.0650. The average Bonchev–Trinajstić information content (AvgIpc) is 3.45. The molecule has 1 rings (SSSR count). The van der Waals surface area contributed by atoms with Gasteiger partial charge in [-0.2, -0.15) is 0 Å². The van der Waals surface area contributed by atoms with Crippen molar-refractivity contribution < 1.29 is 43.8 Å². The molecule has 1 fully saturated rings. The molecular weight excluding hydrogens is 552 g/mol. The number of amides is 6. The van der Waals surface area contributed by atoms with Crippen LogP contribution in [0.2, 0.25) is 0 Å². The van der Waals surface area contributed by atoms with Crippen LogP contribution in [0.1, 0.15) is 79.6 Å². The Morgan fingerprint density at radius 3 is 1.67 bits per heavy atom. The van der Waals surface area contributed by atoms with E-state index in [-0.39, 0.29) is 18.4 Å². The molecule has 0 bridgehead atoms. The summed E-state index contributed by atoms with van der Waals surface area (Å²) in [6.07, 6.45) is 1.64. The van der Waals surface area contributed by atoms with Gasteiger partial charge in [0.15, 0.2) is 0 Å². The number of likely N-dealkylation sites (tertiary alicyclic amines) is 1. The first-order valence-corrected chi connectivity index (χ1v) is 14.4. The second kappa shape index (κ2) is 17.8. The normalized spacial score (nSPS) is 15.7. The molecule has 6 amide bonds. The van der Waals surface area contributed by atoms with Crippen LogP contribution < -0.4 is 26.6 Å². The topological polar surface area (TPSA) is 223 Å². The Labute approximate surface area is 245 Å². The molecule has 0 saturated carbocycles. The number of rotatable bonds is 17. The van der Waals surface area contributed by atoms with Gasteiger partial charge in [-0.15, -0.1) is 0 Å². The second-order valence-electron chi connectivity index (χ2n) is 10.9. The van der Waals surface area contributed by atoms with Gasteiger partial charge in [0, 0.05) is 19.1 Å². The lowest BCUT2D eigenvalue weighted by atomic mass is 10.0. The van der Waals surface area contributed by atoms with Crippen molar-refractivity contribution in [2.45, 2.75) is 110 Å². The maximum Gasteiger partial charge on any atom is 0.326 e. The smallest absolute Gasteiger partial charge is 0.326 e. The molecule has 15 nitrogen and oxygen atoms in total. The summed E-state index contributed by atoms with van der Waals surface area (Å²) < 4.78 is 0. The van der Waals surface area contributed by atoms with Crippen LogP contribution in [-0.4, -0.2) is 100 Å². The van der Waals surface area contributed by atoms with Crippen molar-refractivity contribution in [1.29, 1.82) is 0 Å². The van der Waals surface area contributed by atoms with Crippen LogP contribution in [0.4, 0.5) is 4.79 Å². The summed E-state index contributed by atoms with van der Waals surface area (Å²) in [6.45, 7) is 9.63. The molecule has 1 heterocycles. The molecule has 0 aromatic rings. The van der Waals surface area contributed by atoms with Crippen LogP contribution >= 0.6 is 0 Å². The molecule has 15 heteroatoms. The molecule has 1 aliphatic rings. The van der Waals surface area contributed by atoms with E-state index in [1.807, 2.05) is 13.8 Å². The number of carbonyl (C=O) groups excluding carboxylic acids is 5. The molecule has 0 aliphatic carbocycles. The fraction of sp³-hybridized carbons (Fsp3) is 0.741. The largest absolute Gasteiger partial charge is 0.481 e. The van der Waals surface area contributed by atoms with Gasteiger partial charge in [-0.25, -0.2) is 9.59 Å². The third kappa shape index (κ3) is 12.7. The lowest BCUT2D eigenvalue weighted by molar-refractivity contribution is -0.144. The number of carbonyl (C=O) groups is 7. The van der Waals surface area contributed by atoms with Crippen LogP contribution in [0.25, 0.3) is 0 Å². The van der Waals surface area contributed by atoms with Gasteiger partial charge in [0.25, 0.3) is 0 Å². The van der Waals surface area contributed by atoms with E-state index in [0.29, 0.717) is 25.9 Å². The zero-order chi connectivity index (χ0) is 32.0. The third-order valence-corrected chi connectivity index (χ3v) is 6.87. The highest BCUT2D eigenvalue weighted by Gasteiger charge is 2.34. The van der Waals surface area contributed by atoms with Gasteiger partial charge < -0.3 is 41.7 Å². The Hall–Kier alpha value is -3.91. The van der Waals surface area contributed by atoms with Crippen LogP contribution in [0.15, 0.2) is 0 Å². The van der Waals surface area contributed by atoms with Gasteiger partial charge in [0.05, 0.1) is 12.8 Å². The highest BCUT2D eigenvalue weighted by molar-refractivity contribution is 5.97. The summed E-state index contributed by atoms with van der Waals surface area (Å²) in [5.74, 6) is -6.14. The van der Waals surface area contributed by atoms with Crippen LogP contribution in [0.3, 0.4) is 0 Å². The van der Waals surface area contributed by atoms with Crippen molar-refractivity contribution in [1.82, 2.24) is 31.5 Å². The molecule has 0 radical (unpaired) electrons.